The molecule has 4 nitrogen and oxygen atoms in total. The van der Waals surface area contributed by atoms with E-state index in [-0.39, 0.29) is 11.5 Å². The summed E-state index contributed by atoms with van der Waals surface area (Å²) in [6.45, 7) is 0. The van der Waals surface area contributed by atoms with E-state index in [4.69, 9.17) is 4.98 Å². The highest BCUT2D eigenvalue weighted by Crippen LogP contribution is 2.44. The zero-order valence-electron chi connectivity index (χ0n) is 15.4. The van der Waals surface area contributed by atoms with Crippen molar-refractivity contribution >= 4 is 49.2 Å². The van der Waals surface area contributed by atoms with Gasteiger partial charge in [-0.05, 0) is 77.5 Å². The number of amides is 1. The van der Waals surface area contributed by atoms with Crippen LogP contribution in [0.5, 0.6) is 0 Å². The van der Waals surface area contributed by atoms with Gasteiger partial charge in [-0.2, -0.15) is 0 Å². The topological polar surface area (TPSA) is 57.8 Å². The van der Waals surface area contributed by atoms with Gasteiger partial charge in [0.25, 0.3) is 5.91 Å². The lowest BCUT2D eigenvalue weighted by Crippen LogP contribution is -2.13. The number of aryl methyl sites for hydroxylation is 1. The number of carbonyl (C=O) groups excluding carboxylic acids is 1. The Hall–Kier alpha value is -2.51. The molecule has 146 valence electrons. The maximum absolute atomic E-state index is 13.7. The van der Waals surface area contributed by atoms with Gasteiger partial charge in [0.1, 0.15) is 16.6 Å². The highest BCUT2D eigenvalue weighted by molar-refractivity contribution is 9.10. The molecular formula is C22H17BrFN3OS. The number of anilines is 1. The maximum Gasteiger partial charge on any atom is 0.257 e. The van der Waals surface area contributed by atoms with Gasteiger partial charge in [-0.1, -0.05) is 12.1 Å². The van der Waals surface area contributed by atoms with Crippen LogP contribution in [0.3, 0.4) is 0 Å². The third-order valence-corrected chi connectivity index (χ3v) is 7.10. The van der Waals surface area contributed by atoms with Gasteiger partial charge in [0.15, 0.2) is 0 Å². The van der Waals surface area contributed by atoms with Crippen LogP contribution >= 0.6 is 27.3 Å². The van der Waals surface area contributed by atoms with E-state index in [0.717, 1.165) is 53.1 Å². The lowest BCUT2D eigenvalue weighted by molar-refractivity contribution is 0.102. The number of benzene rings is 2. The largest absolute Gasteiger partial charge is 0.338 e. The maximum atomic E-state index is 13.7. The summed E-state index contributed by atoms with van der Waals surface area (Å²) in [5, 5.41) is 3.78. The van der Waals surface area contributed by atoms with Gasteiger partial charge in [0.2, 0.25) is 0 Å². The molecule has 0 atom stereocenters. The molecule has 0 radical (unpaired) electrons. The number of rotatable bonds is 3. The van der Waals surface area contributed by atoms with Gasteiger partial charge in [0.05, 0.1) is 22.2 Å². The van der Waals surface area contributed by atoms with Crippen LogP contribution in [0.2, 0.25) is 0 Å². The molecule has 1 aliphatic rings. The van der Waals surface area contributed by atoms with Crippen molar-refractivity contribution in [2.75, 3.05) is 5.32 Å². The van der Waals surface area contributed by atoms with Gasteiger partial charge in [-0.15, -0.1) is 11.3 Å². The molecule has 2 aromatic heterocycles. The molecule has 2 heterocycles. The second kappa shape index (κ2) is 7.39. The fourth-order valence-corrected chi connectivity index (χ4v) is 5.53. The van der Waals surface area contributed by atoms with E-state index in [1.54, 1.807) is 17.4 Å². The number of imidazole rings is 1. The van der Waals surface area contributed by atoms with E-state index in [2.05, 4.69) is 26.2 Å². The molecule has 2 N–H and O–H groups in total. The van der Waals surface area contributed by atoms with Crippen LogP contribution in [-0.4, -0.2) is 15.9 Å². The average molecular weight is 470 g/mol. The van der Waals surface area contributed by atoms with Gasteiger partial charge >= 0.3 is 0 Å². The zero-order valence-corrected chi connectivity index (χ0v) is 17.8. The molecule has 0 saturated heterocycles. The minimum absolute atomic E-state index is 0.270. The molecule has 2 aromatic carbocycles. The van der Waals surface area contributed by atoms with Crippen LogP contribution in [0.25, 0.3) is 22.4 Å². The second-order valence-corrected chi connectivity index (χ2v) is 9.06. The molecule has 7 heteroatoms. The molecule has 1 amide bonds. The Morgan fingerprint density at radius 2 is 2.00 bits per heavy atom. The lowest BCUT2D eigenvalue weighted by Gasteiger charge is -2.12. The molecular weight excluding hydrogens is 453 g/mol. The van der Waals surface area contributed by atoms with Crippen molar-refractivity contribution in [1.29, 1.82) is 0 Å². The summed E-state index contributed by atoms with van der Waals surface area (Å²) in [5.41, 5.74) is 4.34. The van der Waals surface area contributed by atoms with Crippen LogP contribution in [0, 0.1) is 5.82 Å². The predicted molar refractivity (Wildman–Crippen MR) is 118 cm³/mol. The first-order chi connectivity index (χ1) is 14.1. The van der Waals surface area contributed by atoms with Crippen molar-refractivity contribution in [3.8, 4) is 11.4 Å². The summed E-state index contributed by atoms with van der Waals surface area (Å²) in [4.78, 5) is 22.4. The minimum Gasteiger partial charge on any atom is -0.338 e. The van der Waals surface area contributed by atoms with E-state index >= 15 is 0 Å². The number of hydrogen-bond acceptors (Lipinski definition) is 3. The summed E-state index contributed by atoms with van der Waals surface area (Å²) in [7, 11) is 0. The van der Waals surface area contributed by atoms with E-state index in [1.165, 1.54) is 22.6 Å². The van der Waals surface area contributed by atoms with Crippen LogP contribution in [0.4, 0.5) is 9.39 Å². The van der Waals surface area contributed by atoms with Crippen molar-refractivity contribution < 1.29 is 9.18 Å². The molecule has 29 heavy (non-hydrogen) atoms. The summed E-state index contributed by atoms with van der Waals surface area (Å²) in [6.07, 6.45) is 4.25. The Bertz CT molecular complexity index is 1210. The smallest absolute Gasteiger partial charge is 0.257 e. The summed E-state index contributed by atoms with van der Waals surface area (Å²) in [5.74, 6) is -0.0205. The SMILES string of the molecule is O=C(Nc1sc2c(c1-c1nc3ccccc3[nH]1)CCCC2)c1cc(F)ccc1Br. The number of halogens is 2. The van der Waals surface area contributed by atoms with Gasteiger partial charge < -0.3 is 10.3 Å². The molecule has 0 fully saturated rings. The number of fused-ring (bicyclic) bond motifs is 2. The molecule has 0 saturated carbocycles. The van der Waals surface area contributed by atoms with Crippen LogP contribution in [0.15, 0.2) is 46.9 Å². The third-order valence-electron chi connectivity index (χ3n) is 5.20. The van der Waals surface area contributed by atoms with Gasteiger partial charge in [-0.3, -0.25) is 4.79 Å². The second-order valence-electron chi connectivity index (χ2n) is 7.10. The highest BCUT2D eigenvalue weighted by atomic mass is 79.9. The monoisotopic (exact) mass is 469 g/mol. The number of nitrogens with zero attached hydrogens (tertiary/aromatic N) is 1. The Labute approximate surface area is 179 Å². The number of nitrogens with one attached hydrogen (secondary N) is 2. The zero-order chi connectivity index (χ0) is 20.0. The normalized spacial score (nSPS) is 13.4. The Balaban J connectivity index is 1.60. The third kappa shape index (κ3) is 3.38. The van der Waals surface area contributed by atoms with Crippen LogP contribution in [0.1, 0.15) is 33.6 Å². The summed E-state index contributed by atoms with van der Waals surface area (Å²) < 4.78 is 14.2. The van der Waals surface area contributed by atoms with Crippen molar-refractivity contribution in [3.05, 3.63) is 68.8 Å². The molecule has 0 spiro atoms. The van der Waals surface area contributed by atoms with Crippen LogP contribution < -0.4 is 5.32 Å². The highest BCUT2D eigenvalue weighted by Gasteiger charge is 2.25. The first kappa shape index (κ1) is 18.5. The van der Waals surface area contributed by atoms with E-state index in [9.17, 15) is 9.18 Å². The molecule has 4 aromatic rings. The van der Waals surface area contributed by atoms with Crippen molar-refractivity contribution in [3.63, 3.8) is 0 Å². The number of aromatic amines is 1. The molecule has 0 bridgehead atoms. The molecule has 5 rings (SSSR count). The first-order valence-corrected chi connectivity index (χ1v) is 11.1. The number of H-pyrrole nitrogens is 1. The number of hydrogen-bond donors (Lipinski definition) is 2. The quantitative estimate of drug-likeness (QED) is 0.368. The number of para-hydroxylation sites is 2. The Morgan fingerprint density at radius 3 is 2.86 bits per heavy atom. The standard InChI is InChI=1S/C22H17BrFN3OS/c23-15-10-9-12(24)11-14(15)21(28)27-22-19(13-5-1-4-8-18(13)29-22)20-25-16-6-2-3-7-17(16)26-20/h2-3,6-7,9-11H,1,4-5,8H2,(H,25,26)(H,27,28). The van der Waals surface area contributed by atoms with E-state index < -0.39 is 5.82 Å². The minimum atomic E-state index is -0.443. The summed E-state index contributed by atoms with van der Waals surface area (Å²) in [6, 6.07) is 12.0. The number of aromatic nitrogens is 2. The number of thiophene rings is 1. The van der Waals surface area contributed by atoms with E-state index in [0.29, 0.717) is 4.47 Å². The van der Waals surface area contributed by atoms with Gasteiger partial charge in [-0.25, -0.2) is 9.37 Å². The molecule has 0 unspecified atom stereocenters. The van der Waals surface area contributed by atoms with Crippen molar-refractivity contribution in [2.24, 2.45) is 0 Å². The van der Waals surface area contributed by atoms with Crippen molar-refractivity contribution in [1.82, 2.24) is 9.97 Å². The molecule has 0 aliphatic heterocycles. The Kier molecular flexibility index (Phi) is 4.72. The summed E-state index contributed by atoms with van der Waals surface area (Å²) >= 11 is 4.94. The predicted octanol–water partition coefficient (Wildman–Crippen LogP) is 6.32. The van der Waals surface area contributed by atoms with Gasteiger partial charge in [0, 0.05) is 9.35 Å². The Morgan fingerprint density at radius 1 is 1.17 bits per heavy atom. The van der Waals surface area contributed by atoms with Crippen LogP contribution in [-0.2, 0) is 12.8 Å². The lowest BCUT2D eigenvalue weighted by atomic mass is 9.95. The molecule has 1 aliphatic carbocycles. The fraction of sp³-hybridized carbons (Fsp3) is 0.182. The average Bonchev–Trinajstić information content (AvgIpc) is 3.30. The fourth-order valence-electron chi connectivity index (χ4n) is 3.82. The number of carbonyl (C=O) groups is 1. The van der Waals surface area contributed by atoms with E-state index in [1.807, 2.05) is 24.3 Å². The van der Waals surface area contributed by atoms with Crippen molar-refractivity contribution in [2.45, 2.75) is 25.7 Å². The first-order valence-electron chi connectivity index (χ1n) is 9.46.